The summed E-state index contributed by atoms with van der Waals surface area (Å²) >= 11 is 0. The average Bonchev–Trinajstić information content (AvgIpc) is 2.89. The third-order valence-electron chi connectivity index (χ3n) is 3.56. The Balaban J connectivity index is 1.88. The lowest BCUT2D eigenvalue weighted by atomic mass is 10.1. The van der Waals surface area contributed by atoms with Crippen LogP contribution < -0.4 is 4.74 Å². The van der Waals surface area contributed by atoms with E-state index in [4.69, 9.17) is 4.74 Å². The minimum atomic E-state index is -0.0778. The first-order valence-corrected chi connectivity index (χ1v) is 6.97. The number of imidazole rings is 1. The number of benzene rings is 2. The van der Waals surface area contributed by atoms with Gasteiger partial charge in [-0.25, -0.2) is 4.98 Å². The van der Waals surface area contributed by atoms with Crippen molar-refractivity contribution in [3.8, 4) is 5.75 Å². The molecule has 0 spiro atoms. The SMILES string of the molecule is COc1cccc(C(=O)/C=C/c2nc3ccccc3n2C)c1. The fourth-order valence-electron chi connectivity index (χ4n) is 2.34. The van der Waals surface area contributed by atoms with E-state index >= 15 is 0 Å². The predicted molar refractivity (Wildman–Crippen MR) is 87.1 cm³/mol. The summed E-state index contributed by atoms with van der Waals surface area (Å²) in [5, 5.41) is 0. The first-order valence-electron chi connectivity index (χ1n) is 6.97. The molecule has 0 aliphatic carbocycles. The Bertz CT molecular complexity index is 862. The molecule has 0 aliphatic rings. The van der Waals surface area contributed by atoms with Crippen molar-refractivity contribution in [3.63, 3.8) is 0 Å². The van der Waals surface area contributed by atoms with E-state index in [2.05, 4.69) is 4.98 Å². The number of ether oxygens (including phenoxy) is 1. The maximum absolute atomic E-state index is 12.2. The number of rotatable bonds is 4. The third-order valence-corrected chi connectivity index (χ3v) is 3.56. The Morgan fingerprint density at radius 3 is 2.77 bits per heavy atom. The molecule has 0 radical (unpaired) electrons. The molecule has 22 heavy (non-hydrogen) atoms. The van der Waals surface area contributed by atoms with Crippen molar-refractivity contribution in [1.29, 1.82) is 0 Å². The normalized spacial score (nSPS) is 11.2. The van der Waals surface area contributed by atoms with Gasteiger partial charge in [0.1, 0.15) is 11.6 Å². The summed E-state index contributed by atoms with van der Waals surface area (Å²) in [6.07, 6.45) is 3.28. The van der Waals surface area contributed by atoms with Gasteiger partial charge >= 0.3 is 0 Å². The van der Waals surface area contributed by atoms with Crippen LogP contribution in [-0.4, -0.2) is 22.4 Å². The highest BCUT2D eigenvalue weighted by Crippen LogP contribution is 2.16. The highest BCUT2D eigenvalue weighted by atomic mass is 16.5. The van der Waals surface area contributed by atoms with Gasteiger partial charge in [0.05, 0.1) is 18.1 Å². The second-order valence-corrected chi connectivity index (χ2v) is 4.95. The zero-order valence-corrected chi connectivity index (χ0v) is 12.5. The van der Waals surface area contributed by atoms with Gasteiger partial charge in [-0.1, -0.05) is 24.3 Å². The van der Waals surface area contributed by atoms with Gasteiger partial charge in [0, 0.05) is 12.6 Å². The Morgan fingerprint density at radius 1 is 1.18 bits per heavy atom. The largest absolute Gasteiger partial charge is 0.497 e. The van der Waals surface area contributed by atoms with Crippen molar-refractivity contribution in [1.82, 2.24) is 9.55 Å². The van der Waals surface area contributed by atoms with Gasteiger partial charge in [0.15, 0.2) is 5.78 Å². The highest BCUT2D eigenvalue weighted by Gasteiger charge is 2.06. The average molecular weight is 292 g/mol. The summed E-state index contributed by atoms with van der Waals surface area (Å²) < 4.78 is 7.10. The molecule has 4 nitrogen and oxygen atoms in total. The third kappa shape index (κ3) is 2.63. The van der Waals surface area contributed by atoms with Crippen molar-refractivity contribution in [2.45, 2.75) is 0 Å². The molecule has 3 aromatic rings. The van der Waals surface area contributed by atoms with Crippen LogP contribution in [0.25, 0.3) is 17.1 Å². The Morgan fingerprint density at radius 2 is 2.00 bits per heavy atom. The quantitative estimate of drug-likeness (QED) is 0.546. The first kappa shape index (κ1) is 14.1. The minimum absolute atomic E-state index is 0.0778. The van der Waals surface area contributed by atoms with E-state index in [9.17, 15) is 4.79 Å². The number of ketones is 1. The van der Waals surface area contributed by atoms with Crippen molar-refractivity contribution in [3.05, 3.63) is 66.0 Å². The summed E-state index contributed by atoms with van der Waals surface area (Å²) in [6.45, 7) is 0. The lowest BCUT2D eigenvalue weighted by Gasteiger charge is -2.01. The highest BCUT2D eigenvalue weighted by molar-refractivity contribution is 6.07. The van der Waals surface area contributed by atoms with Crippen molar-refractivity contribution in [2.75, 3.05) is 7.11 Å². The number of methoxy groups -OCH3 is 1. The molecule has 0 atom stereocenters. The maximum Gasteiger partial charge on any atom is 0.186 e. The van der Waals surface area contributed by atoms with Crippen LogP contribution in [0.15, 0.2) is 54.6 Å². The van der Waals surface area contributed by atoms with Crippen LogP contribution in [0.4, 0.5) is 0 Å². The van der Waals surface area contributed by atoms with Crippen LogP contribution in [0.5, 0.6) is 5.75 Å². The Hall–Kier alpha value is -2.88. The second-order valence-electron chi connectivity index (χ2n) is 4.95. The van der Waals surface area contributed by atoms with Gasteiger partial charge in [-0.3, -0.25) is 4.79 Å². The fourth-order valence-corrected chi connectivity index (χ4v) is 2.34. The lowest BCUT2D eigenvalue weighted by Crippen LogP contribution is -1.96. The minimum Gasteiger partial charge on any atom is -0.497 e. The molecule has 0 N–H and O–H groups in total. The van der Waals surface area contributed by atoms with Crippen molar-refractivity contribution >= 4 is 22.9 Å². The summed E-state index contributed by atoms with van der Waals surface area (Å²) in [7, 11) is 3.52. The number of fused-ring (bicyclic) bond motifs is 1. The number of carbonyl (C=O) groups excluding carboxylic acids is 1. The van der Waals surface area contributed by atoms with Crippen LogP contribution in [0, 0.1) is 0 Å². The van der Waals surface area contributed by atoms with Gasteiger partial charge in [0.25, 0.3) is 0 Å². The van der Waals surface area contributed by atoms with E-state index in [1.54, 1.807) is 31.4 Å². The summed E-state index contributed by atoms with van der Waals surface area (Å²) in [5.74, 6) is 1.34. The molecule has 0 saturated carbocycles. The van der Waals surface area contributed by atoms with Crippen molar-refractivity contribution in [2.24, 2.45) is 7.05 Å². The fraction of sp³-hybridized carbons (Fsp3) is 0.111. The topological polar surface area (TPSA) is 44.1 Å². The van der Waals surface area contributed by atoms with Crippen LogP contribution in [0.1, 0.15) is 16.2 Å². The van der Waals surface area contributed by atoms with Crippen LogP contribution in [0.3, 0.4) is 0 Å². The zero-order valence-electron chi connectivity index (χ0n) is 12.5. The van der Waals surface area contributed by atoms with E-state index in [0.29, 0.717) is 11.3 Å². The van der Waals surface area contributed by atoms with E-state index in [1.165, 1.54) is 6.08 Å². The summed E-state index contributed by atoms with van der Waals surface area (Å²) in [4.78, 5) is 16.7. The van der Waals surface area contributed by atoms with Gasteiger partial charge in [0.2, 0.25) is 0 Å². The molecule has 0 saturated heterocycles. The molecule has 0 bridgehead atoms. The van der Waals surface area contributed by atoms with E-state index < -0.39 is 0 Å². The van der Waals surface area contributed by atoms with Gasteiger partial charge < -0.3 is 9.30 Å². The predicted octanol–water partition coefficient (Wildman–Crippen LogP) is 3.48. The number of aromatic nitrogens is 2. The molecule has 2 aromatic carbocycles. The molecule has 0 fully saturated rings. The Labute approximate surface area is 128 Å². The number of hydrogen-bond donors (Lipinski definition) is 0. The number of nitrogens with zero attached hydrogens (tertiary/aromatic N) is 2. The van der Waals surface area contributed by atoms with Gasteiger partial charge in [-0.15, -0.1) is 0 Å². The molecule has 3 rings (SSSR count). The summed E-state index contributed by atoms with van der Waals surface area (Å²) in [5.41, 5.74) is 2.55. The number of allylic oxidation sites excluding steroid dienone is 1. The summed E-state index contributed by atoms with van der Waals surface area (Å²) in [6, 6.07) is 15.0. The number of hydrogen-bond acceptors (Lipinski definition) is 3. The van der Waals surface area contributed by atoms with E-state index in [1.807, 2.05) is 41.9 Å². The Kier molecular flexibility index (Phi) is 3.74. The molecule has 0 unspecified atom stereocenters. The zero-order chi connectivity index (χ0) is 15.5. The smallest absolute Gasteiger partial charge is 0.186 e. The van der Waals surface area contributed by atoms with E-state index in [0.717, 1.165) is 16.9 Å². The standard InChI is InChI=1S/C18H16N2O2/c1-20-16-9-4-3-8-15(16)19-18(20)11-10-17(21)13-6-5-7-14(12-13)22-2/h3-12H,1-2H3/b11-10+. The number of carbonyl (C=O) groups is 1. The molecule has 1 heterocycles. The van der Waals surface area contributed by atoms with Crippen LogP contribution in [0.2, 0.25) is 0 Å². The van der Waals surface area contributed by atoms with Crippen LogP contribution in [-0.2, 0) is 7.05 Å². The van der Waals surface area contributed by atoms with E-state index in [-0.39, 0.29) is 5.78 Å². The monoisotopic (exact) mass is 292 g/mol. The number of para-hydroxylation sites is 2. The molecule has 110 valence electrons. The van der Waals surface area contributed by atoms with Crippen molar-refractivity contribution < 1.29 is 9.53 Å². The molecule has 0 amide bonds. The van der Waals surface area contributed by atoms with Gasteiger partial charge in [-0.05, 0) is 36.4 Å². The maximum atomic E-state index is 12.2. The molecule has 1 aromatic heterocycles. The first-order chi connectivity index (χ1) is 10.7. The van der Waals surface area contributed by atoms with Gasteiger partial charge in [-0.2, -0.15) is 0 Å². The molecular weight excluding hydrogens is 276 g/mol. The van der Waals surface area contributed by atoms with Crippen LogP contribution >= 0.6 is 0 Å². The molecule has 4 heteroatoms. The lowest BCUT2D eigenvalue weighted by molar-refractivity contribution is 0.104. The molecular formula is C18H16N2O2. The molecule has 0 aliphatic heterocycles. The second kappa shape index (κ2) is 5.85. The number of aryl methyl sites for hydroxylation is 1.